The molecule has 3 rings (SSSR count). The molecular formula is C19H28N6O2. The maximum Gasteiger partial charge on any atom is 0.224 e. The molecule has 0 aliphatic carbocycles. The van der Waals surface area contributed by atoms with Crippen molar-refractivity contribution in [1.82, 2.24) is 24.6 Å². The second-order valence-corrected chi connectivity index (χ2v) is 7.03. The Labute approximate surface area is 160 Å². The summed E-state index contributed by atoms with van der Waals surface area (Å²) in [6, 6.07) is 5.99. The van der Waals surface area contributed by atoms with Crippen LogP contribution in [0.4, 0.5) is 5.69 Å². The van der Waals surface area contributed by atoms with Crippen molar-refractivity contribution in [3.63, 3.8) is 0 Å². The monoisotopic (exact) mass is 372 g/mol. The van der Waals surface area contributed by atoms with Crippen molar-refractivity contribution in [2.75, 3.05) is 45.7 Å². The van der Waals surface area contributed by atoms with Gasteiger partial charge in [0.2, 0.25) is 5.91 Å². The molecule has 2 aromatic rings. The van der Waals surface area contributed by atoms with E-state index in [0.29, 0.717) is 23.9 Å². The van der Waals surface area contributed by atoms with E-state index >= 15 is 0 Å². The molecule has 0 spiro atoms. The largest absolute Gasteiger partial charge is 0.495 e. The molecule has 0 saturated carbocycles. The molecule has 1 aromatic carbocycles. The molecule has 1 saturated heterocycles. The van der Waals surface area contributed by atoms with Crippen molar-refractivity contribution in [1.29, 1.82) is 0 Å². The third-order valence-corrected chi connectivity index (χ3v) is 5.12. The van der Waals surface area contributed by atoms with Crippen LogP contribution in [0.3, 0.4) is 0 Å². The Morgan fingerprint density at radius 3 is 2.59 bits per heavy atom. The summed E-state index contributed by atoms with van der Waals surface area (Å²) in [5, 5.41) is 10.6. The molecule has 146 valence electrons. The second-order valence-electron chi connectivity index (χ2n) is 7.03. The molecule has 1 unspecified atom stereocenters. The number of methoxy groups -OCH3 is 1. The van der Waals surface area contributed by atoms with Crippen LogP contribution >= 0.6 is 0 Å². The van der Waals surface area contributed by atoms with Crippen molar-refractivity contribution in [2.45, 2.75) is 25.8 Å². The minimum atomic E-state index is -0.00446. The van der Waals surface area contributed by atoms with Crippen LogP contribution in [-0.2, 0) is 4.79 Å². The summed E-state index contributed by atoms with van der Waals surface area (Å²) in [4.78, 5) is 17.3. The molecule has 2 heterocycles. The van der Waals surface area contributed by atoms with Crippen molar-refractivity contribution in [2.24, 2.45) is 0 Å². The first-order valence-electron chi connectivity index (χ1n) is 9.32. The van der Waals surface area contributed by atoms with Gasteiger partial charge in [0, 0.05) is 38.6 Å². The van der Waals surface area contributed by atoms with E-state index < -0.39 is 0 Å². The summed E-state index contributed by atoms with van der Waals surface area (Å²) in [7, 11) is 3.75. The Hall–Kier alpha value is -2.45. The predicted molar refractivity (Wildman–Crippen MR) is 104 cm³/mol. The molecule has 27 heavy (non-hydrogen) atoms. The van der Waals surface area contributed by atoms with E-state index in [9.17, 15) is 4.79 Å². The van der Waals surface area contributed by atoms with Crippen LogP contribution in [0.15, 0.2) is 30.9 Å². The van der Waals surface area contributed by atoms with Gasteiger partial charge in [0.1, 0.15) is 18.4 Å². The summed E-state index contributed by atoms with van der Waals surface area (Å²) in [5.74, 6) is 0.627. The first kappa shape index (κ1) is 19.3. The van der Waals surface area contributed by atoms with Crippen LogP contribution in [0.2, 0.25) is 0 Å². The van der Waals surface area contributed by atoms with Gasteiger partial charge in [-0.2, -0.15) is 0 Å². The lowest BCUT2D eigenvalue weighted by Gasteiger charge is -2.36. The van der Waals surface area contributed by atoms with Crippen molar-refractivity contribution < 1.29 is 9.53 Å². The molecule has 0 radical (unpaired) electrons. The van der Waals surface area contributed by atoms with E-state index in [1.807, 2.05) is 18.2 Å². The van der Waals surface area contributed by atoms with Gasteiger partial charge in [-0.25, -0.2) is 0 Å². The fraction of sp³-hybridized carbons (Fsp3) is 0.526. The number of carbonyl (C=O) groups excluding carboxylic acids is 1. The highest BCUT2D eigenvalue weighted by atomic mass is 16.5. The first-order valence-corrected chi connectivity index (χ1v) is 9.32. The van der Waals surface area contributed by atoms with E-state index in [0.717, 1.165) is 38.3 Å². The molecule has 8 heteroatoms. The fourth-order valence-electron chi connectivity index (χ4n) is 3.29. The zero-order valence-electron chi connectivity index (χ0n) is 16.3. The van der Waals surface area contributed by atoms with Gasteiger partial charge in [0.15, 0.2) is 0 Å². The third-order valence-electron chi connectivity index (χ3n) is 5.12. The van der Waals surface area contributed by atoms with E-state index in [1.54, 1.807) is 24.3 Å². The molecule has 1 atom stereocenters. The minimum absolute atomic E-state index is 0.00446. The van der Waals surface area contributed by atoms with Crippen molar-refractivity contribution in [3.8, 4) is 11.4 Å². The number of hydrogen-bond donors (Lipinski definition) is 1. The number of ether oxygens (including phenoxy) is 1. The smallest absolute Gasteiger partial charge is 0.224 e. The quantitative estimate of drug-likeness (QED) is 0.796. The van der Waals surface area contributed by atoms with Crippen molar-refractivity contribution in [3.05, 3.63) is 30.9 Å². The lowest BCUT2D eigenvalue weighted by atomic mass is 10.1. The molecule has 1 aliphatic rings. The van der Waals surface area contributed by atoms with Gasteiger partial charge >= 0.3 is 0 Å². The zero-order valence-corrected chi connectivity index (χ0v) is 16.3. The molecule has 0 bridgehead atoms. The molecular weight excluding hydrogens is 344 g/mol. The summed E-state index contributed by atoms with van der Waals surface area (Å²) < 4.78 is 7.16. The fourth-order valence-corrected chi connectivity index (χ4v) is 3.29. The number of nitrogens with one attached hydrogen (secondary N) is 1. The van der Waals surface area contributed by atoms with Gasteiger partial charge in [-0.05, 0) is 38.6 Å². The average molecular weight is 372 g/mol. The molecule has 1 fully saturated rings. The standard InChI is InChI=1S/C19H28N6O2/c1-15(24-10-8-23(2)9-11-24)4-7-19(26)22-17-12-16(5-6-18(17)27-3)25-13-20-21-14-25/h5-6,12-15H,4,7-11H2,1-3H3,(H,22,26). The summed E-state index contributed by atoms with van der Waals surface area (Å²) in [6.45, 7) is 6.50. The van der Waals surface area contributed by atoms with E-state index in [-0.39, 0.29) is 5.91 Å². The number of aromatic nitrogens is 3. The lowest BCUT2D eigenvalue weighted by molar-refractivity contribution is -0.116. The molecule has 1 aliphatic heterocycles. The Kier molecular flexibility index (Phi) is 6.41. The number of amides is 1. The van der Waals surface area contributed by atoms with Gasteiger partial charge < -0.3 is 15.0 Å². The van der Waals surface area contributed by atoms with Crippen LogP contribution in [0.25, 0.3) is 5.69 Å². The van der Waals surface area contributed by atoms with Gasteiger partial charge in [-0.15, -0.1) is 10.2 Å². The number of likely N-dealkylation sites (N-methyl/N-ethyl adjacent to an activating group) is 1. The van der Waals surface area contributed by atoms with Crippen LogP contribution in [-0.4, -0.2) is 76.8 Å². The van der Waals surface area contributed by atoms with Crippen molar-refractivity contribution >= 4 is 11.6 Å². The Balaban J connectivity index is 1.57. The highest BCUT2D eigenvalue weighted by Crippen LogP contribution is 2.27. The van der Waals surface area contributed by atoms with Gasteiger partial charge in [-0.3, -0.25) is 14.3 Å². The first-order chi connectivity index (χ1) is 13.1. The van der Waals surface area contributed by atoms with Crippen LogP contribution in [0.5, 0.6) is 5.75 Å². The summed E-state index contributed by atoms with van der Waals surface area (Å²) in [5.41, 5.74) is 1.52. The molecule has 8 nitrogen and oxygen atoms in total. The molecule has 1 amide bonds. The minimum Gasteiger partial charge on any atom is -0.495 e. The predicted octanol–water partition coefficient (Wildman–Crippen LogP) is 1.63. The number of anilines is 1. The summed E-state index contributed by atoms with van der Waals surface area (Å²) >= 11 is 0. The number of piperazine rings is 1. The second kappa shape index (κ2) is 8.96. The van der Waals surface area contributed by atoms with Gasteiger partial charge in [0.05, 0.1) is 18.5 Å². The Morgan fingerprint density at radius 2 is 1.93 bits per heavy atom. The topological polar surface area (TPSA) is 75.5 Å². The zero-order chi connectivity index (χ0) is 19.2. The lowest BCUT2D eigenvalue weighted by Crippen LogP contribution is -2.48. The van der Waals surface area contributed by atoms with E-state index in [2.05, 4.69) is 39.3 Å². The summed E-state index contributed by atoms with van der Waals surface area (Å²) in [6.07, 6.45) is 4.55. The number of rotatable bonds is 7. The molecule has 1 aromatic heterocycles. The highest BCUT2D eigenvalue weighted by molar-refractivity contribution is 5.92. The number of hydrogen-bond acceptors (Lipinski definition) is 6. The maximum absolute atomic E-state index is 12.5. The highest BCUT2D eigenvalue weighted by Gasteiger charge is 2.20. The third kappa shape index (κ3) is 5.05. The van der Waals surface area contributed by atoms with Crippen LogP contribution in [0, 0.1) is 0 Å². The number of benzene rings is 1. The molecule has 1 N–H and O–H groups in total. The number of carbonyl (C=O) groups is 1. The van der Waals surface area contributed by atoms with Gasteiger partial charge in [-0.1, -0.05) is 0 Å². The Morgan fingerprint density at radius 1 is 1.22 bits per heavy atom. The van der Waals surface area contributed by atoms with Gasteiger partial charge in [0.25, 0.3) is 0 Å². The number of nitrogens with zero attached hydrogens (tertiary/aromatic N) is 5. The maximum atomic E-state index is 12.5. The van der Waals surface area contributed by atoms with Crippen LogP contribution < -0.4 is 10.1 Å². The van der Waals surface area contributed by atoms with E-state index in [1.165, 1.54) is 0 Å². The SMILES string of the molecule is COc1ccc(-n2cnnc2)cc1NC(=O)CCC(C)N1CCN(C)CC1. The van der Waals surface area contributed by atoms with Crippen LogP contribution in [0.1, 0.15) is 19.8 Å². The Bertz CT molecular complexity index is 741. The van der Waals surface area contributed by atoms with E-state index in [4.69, 9.17) is 4.74 Å². The average Bonchev–Trinajstić information content (AvgIpc) is 3.21. The normalized spacial score (nSPS) is 16.9.